The minimum atomic E-state index is 0.390. The SMILES string of the molecule is CC(C)CNc1nccc(C#N)n1. The van der Waals surface area contributed by atoms with Crippen LogP contribution in [-0.2, 0) is 0 Å². The van der Waals surface area contributed by atoms with E-state index < -0.39 is 0 Å². The molecule has 4 nitrogen and oxygen atoms in total. The van der Waals surface area contributed by atoms with E-state index >= 15 is 0 Å². The Kier molecular flexibility index (Phi) is 3.21. The molecule has 0 radical (unpaired) electrons. The molecule has 0 saturated heterocycles. The lowest BCUT2D eigenvalue weighted by Gasteiger charge is -2.06. The first-order chi connectivity index (χ1) is 6.22. The Morgan fingerprint density at radius 2 is 2.38 bits per heavy atom. The number of hydrogen-bond acceptors (Lipinski definition) is 4. The van der Waals surface area contributed by atoms with Gasteiger partial charge in [-0.05, 0) is 12.0 Å². The molecule has 0 saturated carbocycles. The van der Waals surface area contributed by atoms with E-state index in [-0.39, 0.29) is 0 Å². The van der Waals surface area contributed by atoms with Gasteiger partial charge in [-0.15, -0.1) is 0 Å². The predicted molar refractivity (Wildman–Crippen MR) is 50.1 cm³/mol. The van der Waals surface area contributed by atoms with Crippen molar-refractivity contribution in [3.05, 3.63) is 18.0 Å². The third-order valence-corrected chi connectivity index (χ3v) is 1.44. The Morgan fingerprint density at radius 1 is 1.62 bits per heavy atom. The van der Waals surface area contributed by atoms with E-state index in [1.54, 1.807) is 12.3 Å². The standard InChI is InChI=1S/C9H12N4/c1-7(2)6-12-9-11-4-3-8(5-10)13-9/h3-4,7H,6H2,1-2H3,(H,11,12,13). The largest absolute Gasteiger partial charge is 0.354 e. The van der Waals surface area contributed by atoms with Gasteiger partial charge in [0.05, 0.1) is 0 Å². The lowest BCUT2D eigenvalue weighted by atomic mass is 10.2. The van der Waals surface area contributed by atoms with Crippen LogP contribution in [0.4, 0.5) is 5.95 Å². The molecule has 0 unspecified atom stereocenters. The fourth-order valence-corrected chi connectivity index (χ4v) is 0.802. The van der Waals surface area contributed by atoms with Crippen molar-refractivity contribution in [2.45, 2.75) is 13.8 Å². The van der Waals surface area contributed by atoms with E-state index in [9.17, 15) is 0 Å². The second-order valence-corrected chi connectivity index (χ2v) is 3.15. The number of rotatable bonds is 3. The normalized spacial score (nSPS) is 9.69. The molecule has 0 atom stereocenters. The topological polar surface area (TPSA) is 61.6 Å². The molecule has 0 aliphatic carbocycles. The van der Waals surface area contributed by atoms with Crippen LogP contribution in [0.5, 0.6) is 0 Å². The van der Waals surface area contributed by atoms with Crippen LogP contribution >= 0.6 is 0 Å². The second-order valence-electron chi connectivity index (χ2n) is 3.15. The quantitative estimate of drug-likeness (QED) is 0.756. The smallest absolute Gasteiger partial charge is 0.223 e. The molecule has 0 aromatic carbocycles. The first-order valence-electron chi connectivity index (χ1n) is 4.19. The summed E-state index contributed by atoms with van der Waals surface area (Å²) in [4.78, 5) is 7.97. The van der Waals surface area contributed by atoms with Crippen LogP contribution in [0.3, 0.4) is 0 Å². The molecule has 68 valence electrons. The van der Waals surface area contributed by atoms with Gasteiger partial charge in [-0.2, -0.15) is 5.26 Å². The molecule has 0 aliphatic rings. The maximum Gasteiger partial charge on any atom is 0.223 e. The average Bonchev–Trinajstić information content (AvgIpc) is 2.15. The van der Waals surface area contributed by atoms with Crippen LogP contribution in [0, 0.1) is 17.2 Å². The molecule has 1 rings (SSSR count). The Morgan fingerprint density at radius 3 is 3.00 bits per heavy atom. The van der Waals surface area contributed by atoms with Crippen molar-refractivity contribution in [2.24, 2.45) is 5.92 Å². The molecule has 1 aromatic rings. The highest BCUT2D eigenvalue weighted by molar-refractivity contribution is 5.29. The van der Waals surface area contributed by atoms with Crippen LogP contribution in [0.2, 0.25) is 0 Å². The van der Waals surface area contributed by atoms with E-state index in [0.717, 1.165) is 6.54 Å². The van der Waals surface area contributed by atoms with E-state index in [0.29, 0.717) is 17.6 Å². The van der Waals surface area contributed by atoms with Gasteiger partial charge in [-0.1, -0.05) is 13.8 Å². The Bertz CT molecular complexity index is 314. The average molecular weight is 176 g/mol. The monoisotopic (exact) mass is 176 g/mol. The van der Waals surface area contributed by atoms with Crippen molar-refractivity contribution in [1.82, 2.24) is 9.97 Å². The van der Waals surface area contributed by atoms with Gasteiger partial charge < -0.3 is 5.32 Å². The van der Waals surface area contributed by atoms with Gasteiger partial charge in [0, 0.05) is 12.7 Å². The van der Waals surface area contributed by atoms with E-state index in [1.807, 2.05) is 6.07 Å². The van der Waals surface area contributed by atoms with Crippen LogP contribution in [0.1, 0.15) is 19.5 Å². The van der Waals surface area contributed by atoms with Gasteiger partial charge in [-0.25, -0.2) is 9.97 Å². The van der Waals surface area contributed by atoms with Crippen molar-refractivity contribution in [3.8, 4) is 6.07 Å². The Balaban J connectivity index is 2.63. The molecular formula is C9H12N4. The van der Waals surface area contributed by atoms with Crippen LogP contribution < -0.4 is 5.32 Å². The third kappa shape index (κ3) is 3.08. The molecule has 13 heavy (non-hydrogen) atoms. The number of hydrogen-bond donors (Lipinski definition) is 1. The van der Waals surface area contributed by atoms with Crippen LogP contribution in [0.25, 0.3) is 0 Å². The summed E-state index contributed by atoms with van der Waals surface area (Å²) in [6.07, 6.45) is 1.58. The Labute approximate surface area is 77.6 Å². The summed E-state index contributed by atoms with van der Waals surface area (Å²) in [5.41, 5.74) is 0.390. The van der Waals surface area contributed by atoms with E-state index in [2.05, 4.69) is 29.1 Å². The zero-order valence-corrected chi connectivity index (χ0v) is 7.78. The fraction of sp³-hybridized carbons (Fsp3) is 0.444. The van der Waals surface area contributed by atoms with Gasteiger partial charge >= 0.3 is 0 Å². The van der Waals surface area contributed by atoms with E-state index in [4.69, 9.17) is 5.26 Å². The highest BCUT2D eigenvalue weighted by Crippen LogP contribution is 2.00. The van der Waals surface area contributed by atoms with Gasteiger partial charge in [0.2, 0.25) is 5.95 Å². The van der Waals surface area contributed by atoms with Crippen molar-refractivity contribution in [2.75, 3.05) is 11.9 Å². The summed E-state index contributed by atoms with van der Waals surface area (Å²) in [6, 6.07) is 3.55. The van der Waals surface area contributed by atoms with E-state index in [1.165, 1.54) is 0 Å². The molecule has 0 fully saturated rings. The summed E-state index contributed by atoms with van der Waals surface area (Å²) in [6.45, 7) is 5.01. The fourth-order valence-electron chi connectivity index (χ4n) is 0.802. The van der Waals surface area contributed by atoms with Gasteiger partial charge in [-0.3, -0.25) is 0 Å². The summed E-state index contributed by atoms with van der Waals surface area (Å²) in [5, 5.41) is 11.6. The molecule has 1 heterocycles. The molecule has 0 aliphatic heterocycles. The lowest BCUT2D eigenvalue weighted by molar-refractivity contribution is 0.684. The van der Waals surface area contributed by atoms with Gasteiger partial charge in [0.25, 0.3) is 0 Å². The highest BCUT2D eigenvalue weighted by Gasteiger charge is 1.98. The minimum absolute atomic E-state index is 0.390. The second kappa shape index (κ2) is 4.41. The van der Waals surface area contributed by atoms with Crippen LogP contribution in [-0.4, -0.2) is 16.5 Å². The number of nitrogens with zero attached hydrogens (tertiary/aromatic N) is 3. The lowest BCUT2D eigenvalue weighted by Crippen LogP contribution is -2.10. The van der Waals surface area contributed by atoms with Crippen molar-refractivity contribution in [3.63, 3.8) is 0 Å². The number of nitrogens with one attached hydrogen (secondary N) is 1. The van der Waals surface area contributed by atoms with Crippen molar-refractivity contribution < 1.29 is 0 Å². The maximum atomic E-state index is 8.57. The van der Waals surface area contributed by atoms with Crippen LogP contribution in [0.15, 0.2) is 12.3 Å². The van der Waals surface area contributed by atoms with Gasteiger partial charge in [0.1, 0.15) is 11.8 Å². The first-order valence-corrected chi connectivity index (χ1v) is 4.19. The third-order valence-electron chi connectivity index (χ3n) is 1.44. The maximum absolute atomic E-state index is 8.57. The summed E-state index contributed by atoms with van der Waals surface area (Å²) in [7, 11) is 0. The molecule has 4 heteroatoms. The molecule has 0 spiro atoms. The summed E-state index contributed by atoms with van der Waals surface area (Å²) < 4.78 is 0. The minimum Gasteiger partial charge on any atom is -0.354 e. The molecular weight excluding hydrogens is 164 g/mol. The Hall–Kier alpha value is -1.63. The molecule has 0 amide bonds. The van der Waals surface area contributed by atoms with Gasteiger partial charge in [0.15, 0.2) is 0 Å². The van der Waals surface area contributed by atoms with Crippen molar-refractivity contribution >= 4 is 5.95 Å². The first kappa shape index (κ1) is 9.46. The number of anilines is 1. The number of aromatic nitrogens is 2. The molecule has 1 aromatic heterocycles. The predicted octanol–water partition coefficient (Wildman–Crippen LogP) is 1.42. The zero-order valence-electron chi connectivity index (χ0n) is 7.78. The van der Waals surface area contributed by atoms with Crippen molar-refractivity contribution in [1.29, 1.82) is 5.26 Å². The summed E-state index contributed by atoms with van der Waals surface area (Å²) >= 11 is 0. The summed E-state index contributed by atoms with van der Waals surface area (Å²) in [5.74, 6) is 1.06. The highest BCUT2D eigenvalue weighted by atomic mass is 15.1. The molecule has 1 N–H and O–H groups in total. The number of nitriles is 1. The zero-order chi connectivity index (χ0) is 9.68. The molecule has 0 bridgehead atoms.